The van der Waals surface area contributed by atoms with E-state index in [0.29, 0.717) is 15.0 Å². The molecule has 0 spiro atoms. The van der Waals surface area contributed by atoms with Gasteiger partial charge in [-0.3, -0.25) is 9.59 Å². The molecule has 1 aromatic carbocycles. The van der Waals surface area contributed by atoms with Crippen LogP contribution >= 0.6 is 39.0 Å². The fraction of sp³-hybridized carbons (Fsp3) is 0.312. The number of carbonyl (C=O) groups excluding carboxylic acids is 1. The zero-order valence-electron chi connectivity index (χ0n) is 14.3. The van der Waals surface area contributed by atoms with E-state index in [1.165, 1.54) is 27.6 Å². The van der Waals surface area contributed by atoms with E-state index in [-0.39, 0.29) is 17.2 Å². The molecule has 136 valence electrons. The second-order valence-electron chi connectivity index (χ2n) is 6.51. The van der Waals surface area contributed by atoms with Crippen molar-refractivity contribution in [2.45, 2.75) is 30.5 Å². The molecule has 0 aliphatic heterocycles. The third kappa shape index (κ3) is 4.30. The van der Waals surface area contributed by atoms with Gasteiger partial charge < -0.3 is 5.32 Å². The maximum absolute atomic E-state index is 12.5. The van der Waals surface area contributed by atoms with E-state index in [9.17, 15) is 9.59 Å². The third-order valence-corrected chi connectivity index (χ3v) is 5.90. The molecular formula is C16H16BrN5O2S2. The van der Waals surface area contributed by atoms with E-state index in [4.69, 9.17) is 0 Å². The number of hydrogen-bond acceptors (Lipinski definition) is 7. The van der Waals surface area contributed by atoms with Crippen molar-refractivity contribution < 1.29 is 4.79 Å². The minimum absolute atomic E-state index is 0.148. The van der Waals surface area contributed by atoms with E-state index >= 15 is 0 Å². The van der Waals surface area contributed by atoms with E-state index in [0.717, 1.165) is 10.2 Å². The van der Waals surface area contributed by atoms with E-state index in [1.807, 2.05) is 45.0 Å². The van der Waals surface area contributed by atoms with Crippen LogP contribution in [-0.4, -0.2) is 31.5 Å². The summed E-state index contributed by atoms with van der Waals surface area (Å²) in [5, 5.41) is 15.2. The van der Waals surface area contributed by atoms with Crippen LogP contribution in [0.3, 0.4) is 0 Å². The second kappa shape index (κ2) is 7.45. The van der Waals surface area contributed by atoms with Crippen molar-refractivity contribution in [2.24, 2.45) is 0 Å². The number of fused-ring (bicyclic) bond motifs is 1. The molecule has 26 heavy (non-hydrogen) atoms. The first-order chi connectivity index (χ1) is 12.2. The minimum Gasteiger partial charge on any atom is -0.325 e. The molecule has 0 saturated heterocycles. The van der Waals surface area contributed by atoms with Crippen LogP contribution in [0.5, 0.6) is 0 Å². The van der Waals surface area contributed by atoms with Crippen LogP contribution in [0.1, 0.15) is 26.5 Å². The van der Waals surface area contributed by atoms with Crippen molar-refractivity contribution in [2.75, 3.05) is 11.1 Å². The number of rotatable bonds is 4. The quantitative estimate of drug-likeness (QED) is 0.609. The minimum atomic E-state index is -0.410. The number of halogens is 1. The van der Waals surface area contributed by atoms with Gasteiger partial charge in [0.2, 0.25) is 10.9 Å². The number of thioether (sulfide) groups is 1. The predicted octanol–water partition coefficient (Wildman–Crippen LogP) is 3.34. The molecule has 0 aliphatic rings. The van der Waals surface area contributed by atoms with Crippen LogP contribution in [0.25, 0.3) is 4.96 Å². The lowest BCUT2D eigenvalue weighted by Crippen LogP contribution is -2.30. The van der Waals surface area contributed by atoms with Crippen LogP contribution in [0.15, 0.2) is 37.9 Å². The SMILES string of the molecule is CC(C)(C)c1nnc2sc(SCC(=O)Nc3ccc(Br)cc3)nn2c1=O. The standard InChI is InChI=1S/C16H16BrN5O2S2/c1-16(2,3)12-13(24)22-14(20-19-12)26-15(21-22)25-8-11(23)18-10-6-4-9(17)5-7-10/h4-7H,8H2,1-3H3,(H,18,23). The summed E-state index contributed by atoms with van der Waals surface area (Å²) >= 11 is 5.84. The maximum atomic E-state index is 12.5. The molecule has 3 aromatic rings. The molecule has 2 heterocycles. The Hall–Kier alpha value is -1.78. The molecule has 3 rings (SSSR count). The van der Waals surface area contributed by atoms with Gasteiger partial charge in [-0.15, -0.1) is 15.3 Å². The van der Waals surface area contributed by atoms with Crippen molar-refractivity contribution in [1.29, 1.82) is 0 Å². The second-order valence-corrected chi connectivity index (χ2v) is 9.60. The Morgan fingerprint density at radius 3 is 2.62 bits per heavy atom. The molecule has 2 aromatic heterocycles. The summed E-state index contributed by atoms with van der Waals surface area (Å²) in [6.07, 6.45) is 0. The molecule has 0 atom stereocenters. The number of hydrogen-bond donors (Lipinski definition) is 1. The number of amides is 1. The Balaban J connectivity index is 1.71. The Kier molecular flexibility index (Phi) is 5.44. The number of carbonyl (C=O) groups is 1. The van der Waals surface area contributed by atoms with Crippen LogP contribution in [-0.2, 0) is 10.2 Å². The van der Waals surface area contributed by atoms with Gasteiger partial charge in [0.15, 0.2) is 4.34 Å². The lowest BCUT2D eigenvalue weighted by atomic mass is 9.93. The fourth-order valence-electron chi connectivity index (χ4n) is 2.08. The van der Waals surface area contributed by atoms with Gasteiger partial charge in [0.1, 0.15) is 5.69 Å². The van der Waals surface area contributed by atoms with Gasteiger partial charge in [0.05, 0.1) is 5.75 Å². The van der Waals surface area contributed by atoms with E-state index in [1.54, 1.807) is 0 Å². The van der Waals surface area contributed by atoms with Gasteiger partial charge in [0.25, 0.3) is 5.56 Å². The Morgan fingerprint density at radius 1 is 1.27 bits per heavy atom. The highest BCUT2D eigenvalue weighted by Crippen LogP contribution is 2.24. The first-order valence-corrected chi connectivity index (χ1v) is 10.3. The highest BCUT2D eigenvalue weighted by Gasteiger charge is 2.23. The lowest BCUT2D eigenvalue weighted by Gasteiger charge is -2.14. The molecule has 0 radical (unpaired) electrons. The molecule has 7 nitrogen and oxygen atoms in total. The number of benzene rings is 1. The lowest BCUT2D eigenvalue weighted by molar-refractivity contribution is -0.113. The molecule has 10 heteroatoms. The zero-order chi connectivity index (χ0) is 18.9. The monoisotopic (exact) mass is 453 g/mol. The number of nitrogens with zero attached hydrogens (tertiary/aromatic N) is 4. The van der Waals surface area contributed by atoms with Crippen molar-refractivity contribution in [1.82, 2.24) is 19.8 Å². The third-order valence-electron chi connectivity index (χ3n) is 3.34. The van der Waals surface area contributed by atoms with Gasteiger partial charge >= 0.3 is 0 Å². The zero-order valence-corrected chi connectivity index (χ0v) is 17.5. The summed E-state index contributed by atoms with van der Waals surface area (Å²) in [6, 6.07) is 7.34. The molecule has 0 aliphatic carbocycles. The van der Waals surface area contributed by atoms with Gasteiger partial charge in [-0.2, -0.15) is 4.52 Å². The van der Waals surface area contributed by atoms with E-state index < -0.39 is 5.41 Å². The summed E-state index contributed by atoms with van der Waals surface area (Å²) in [5.74, 6) is 0.0369. The van der Waals surface area contributed by atoms with Crippen molar-refractivity contribution >= 4 is 55.6 Å². The first-order valence-electron chi connectivity index (χ1n) is 7.69. The summed E-state index contributed by atoms with van der Waals surface area (Å²) in [7, 11) is 0. The van der Waals surface area contributed by atoms with E-state index in [2.05, 4.69) is 36.5 Å². The topological polar surface area (TPSA) is 89.2 Å². The summed E-state index contributed by atoms with van der Waals surface area (Å²) in [6.45, 7) is 5.71. The highest BCUT2D eigenvalue weighted by molar-refractivity contribution is 9.10. The molecular weight excluding hydrogens is 438 g/mol. The van der Waals surface area contributed by atoms with Gasteiger partial charge in [0, 0.05) is 15.6 Å². The average Bonchev–Trinajstić information content (AvgIpc) is 2.98. The van der Waals surface area contributed by atoms with Gasteiger partial charge in [-0.25, -0.2) is 0 Å². The smallest absolute Gasteiger partial charge is 0.297 e. The fourth-order valence-corrected chi connectivity index (χ4v) is 4.02. The van der Waals surface area contributed by atoms with Crippen molar-refractivity contribution in [3.05, 3.63) is 44.8 Å². The van der Waals surface area contributed by atoms with Crippen molar-refractivity contribution in [3.8, 4) is 0 Å². The molecule has 0 bridgehead atoms. The van der Waals surface area contributed by atoms with Crippen molar-refractivity contribution in [3.63, 3.8) is 0 Å². The van der Waals surface area contributed by atoms with Crippen LogP contribution < -0.4 is 10.9 Å². The summed E-state index contributed by atoms with van der Waals surface area (Å²) in [5.41, 5.74) is 0.405. The number of aromatic nitrogens is 4. The molecule has 1 N–H and O–H groups in total. The van der Waals surface area contributed by atoms with Crippen LogP contribution in [0, 0.1) is 0 Å². The highest BCUT2D eigenvalue weighted by atomic mass is 79.9. The molecule has 0 unspecified atom stereocenters. The normalized spacial score (nSPS) is 11.7. The Morgan fingerprint density at radius 2 is 1.96 bits per heavy atom. The largest absolute Gasteiger partial charge is 0.325 e. The predicted molar refractivity (Wildman–Crippen MR) is 107 cm³/mol. The molecule has 0 saturated carbocycles. The Bertz CT molecular complexity index is 1010. The first kappa shape index (κ1) is 19.0. The van der Waals surface area contributed by atoms with Gasteiger partial charge in [-0.05, 0) is 24.3 Å². The Labute approximate surface area is 166 Å². The molecule has 0 fully saturated rings. The number of nitrogens with one attached hydrogen (secondary N) is 1. The number of anilines is 1. The average molecular weight is 454 g/mol. The maximum Gasteiger partial charge on any atom is 0.297 e. The van der Waals surface area contributed by atoms with Crippen LogP contribution in [0.4, 0.5) is 5.69 Å². The molecule has 1 amide bonds. The summed E-state index contributed by atoms with van der Waals surface area (Å²) < 4.78 is 2.79. The summed E-state index contributed by atoms with van der Waals surface area (Å²) in [4.78, 5) is 25.0. The van der Waals surface area contributed by atoms with Gasteiger partial charge in [-0.1, -0.05) is 59.8 Å². The van der Waals surface area contributed by atoms with Crippen LogP contribution in [0.2, 0.25) is 0 Å².